The first-order valence-corrected chi connectivity index (χ1v) is 10.6. The van der Waals surface area contributed by atoms with Gasteiger partial charge in [-0.2, -0.15) is 0 Å². The zero-order valence-electron chi connectivity index (χ0n) is 16.4. The molecule has 27 heavy (non-hydrogen) atoms. The molecule has 2 saturated carbocycles. The molecular weight excluding hydrogens is 344 g/mol. The molecule has 7 heteroatoms. The van der Waals surface area contributed by atoms with E-state index in [1.165, 1.54) is 0 Å². The molecule has 1 N–H and O–H groups in total. The molecule has 0 radical (unpaired) electrons. The van der Waals surface area contributed by atoms with Crippen molar-refractivity contribution < 1.29 is 14.4 Å². The number of carbonyl (C=O) groups excluding carboxylic acids is 3. The Hall–Kier alpha value is -1.63. The second-order valence-corrected chi connectivity index (χ2v) is 8.72. The van der Waals surface area contributed by atoms with E-state index < -0.39 is 0 Å². The van der Waals surface area contributed by atoms with Crippen LogP contribution in [0.3, 0.4) is 0 Å². The molecule has 4 fully saturated rings. The predicted molar refractivity (Wildman–Crippen MR) is 101 cm³/mol. The van der Waals surface area contributed by atoms with Crippen LogP contribution in [-0.4, -0.2) is 83.8 Å². The third kappa shape index (κ3) is 4.45. The van der Waals surface area contributed by atoms with Gasteiger partial charge in [0.2, 0.25) is 17.7 Å². The fraction of sp³-hybridized carbons (Fsp3) is 0.850. The minimum absolute atomic E-state index is 0.0522. The number of piperidine rings is 1. The summed E-state index contributed by atoms with van der Waals surface area (Å²) in [5.74, 6) is 0.735. The van der Waals surface area contributed by atoms with Gasteiger partial charge in [0.15, 0.2) is 0 Å². The Bertz CT molecular complexity index is 594. The van der Waals surface area contributed by atoms with E-state index in [0.717, 1.165) is 58.2 Å². The first kappa shape index (κ1) is 18.7. The molecule has 150 valence electrons. The van der Waals surface area contributed by atoms with Crippen molar-refractivity contribution >= 4 is 17.7 Å². The van der Waals surface area contributed by atoms with Gasteiger partial charge in [-0.25, -0.2) is 0 Å². The summed E-state index contributed by atoms with van der Waals surface area (Å²) in [4.78, 5) is 43.6. The standard InChI is InChI=1S/C20H32N4O3/c1-14(18(25)21-17-6-7-17)22-9-11-23(12-10-22)20(27)16-3-2-8-24(13-16)19(26)15-4-5-15/h14-17H,2-13H2,1H3,(H,21,25). The van der Waals surface area contributed by atoms with Crippen LogP contribution < -0.4 is 5.32 Å². The summed E-state index contributed by atoms with van der Waals surface area (Å²) in [5, 5.41) is 3.07. The monoisotopic (exact) mass is 376 g/mol. The molecule has 0 bridgehead atoms. The van der Waals surface area contributed by atoms with Crippen molar-refractivity contribution in [1.82, 2.24) is 20.0 Å². The summed E-state index contributed by atoms with van der Waals surface area (Å²) < 4.78 is 0. The Labute approximate surface area is 161 Å². The predicted octanol–water partition coefficient (Wildman–Crippen LogP) is 0.446. The van der Waals surface area contributed by atoms with Crippen LogP contribution in [0.15, 0.2) is 0 Å². The van der Waals surface area contributed by atoms with Crippen molar-refractivity contribution in [3.05, 3.63) is 0 Å². The van der Waals surface area contributed by atoms with Crippen LogP contribution in [-0.2, 0) is 14.4 Å². The summed E-state index contributed by atoms with van der Waals surface area (Å²) >= 11 is 0. The second-order valence-electron chi connectivity index (χ2n) is 8.72. The number of carbonyl (C=O) groups is 3. The highest BCUT2D eigenvalue weighted by atomic mass is 16.2. The molecule has 0 aromatic carbocycles. The molecule has 2 aliphatic carbocycles. The quantitative estimate of drug-likeness (QED) is 0.756. The average Bonchev–Trinajstić information content (AvgIpc) is 3.61. The summed E-state index contributed by atoms with van der Waals surface area (Å²) in [6, 6.07) is 0.250. The van der Waals surface area contributed by atoms with E-state index in [4.69, 9.17) is 0 Å². The van der Waals surface area contributed by atoms with Crippen LogP contribution >= 0.6 is 0 Å². The number of rotatable bonds is 5. The fourth-order valence-corrected chi connectivity index (χ4v) is 4.27. The summed E-state index contributed by atoms with van der Waals surface area (Å²) in [7, 11) is 0. The molecule has 2 heterocycles. The van der Waals surface area contributed by atoms with Crippen molar-refractivity contribution in [3.8, 4) is 0 Å². The maximum Gasteiger partial charge on any atom is 0.237 e. The van der Waals surface area contributed by atoms with Crippen molar-refractivity contribution in [2.75, 3.05) is 39.3 Å². The lowest BCUT2D eigenvalue weighted by molar-refractivity contribution is -0.143. The normalized spacial score (nSPS) is 28.0. The van der Waals surface area contributed by atoms with Gasteiger partial charge in [-0.3, -0.25) is 19.3 Å². The van der Waals surface area contributed by atoms with E-state index >= 15 is 0 Å². The summed E-state index contributed by atoms with van der Waals surface area (Å²) in [6.07, 6.45) is 6.04. The maximum atomic E-state index is 13.0. The smallest absolute Gasteiger partial charge is 0.237 e. The van der Waals surface area contributed by atoms with E-state index in [-0.39, 0.29) is 35.6 Å². The van der Waals surface area contributed by atoms with Gasteiger partial charge in [0.1, 0.15) is 0 Å². The molecule has 0 spiro atoms. The molecule has 2 saturated heterocycles. The lowest BCUT2D eigenvalue weighted by Gasteiger charge is -2.40. The van der Waals surface area contributed by atoms with Crippen LogP contribution in [0.25, 0.3) is 0 Å². The first-order valence-electron chi connectivity index (χ1n) is 10.6. The van der Waals surface area contributed by atoms with Crippen molar-refractivity contribution in [3.63, 3.8) is 0 Å². The summed E-state index contributed by atoms with van der Waals surface area (Å²) in [5.41, 5.74) is 0. The van der Waals surface area contributed by atoms with Crippen molar-refractivity contribution in [1.29, 1.82) is 0 Å². The molecule has 0 aromatic heterocycles. The van der Waals surface area contributed by atoms with E-state index in [2.05, 4.69) is 10.2 Å². The molecule has 4 aliphatic rings. The zero-order valence-corrected chi connectivity index (χ0v) is 16.4. The number of hydrogen-bond donors (Lipinski definition) is 1. The number of nitrogens with one attached hydrogen (secondary N) is 1. The van der Waals surface area contributed by atoms with Crippen LogP contribution in [0.2, 0.25) is 0 Å². The van der Waals surface area contributed by atoms with Gasteiger partial charge in [0, 0.05) is 51.2 Å². The lowest BCUT2D eigenvalue weighted by atomic mass is 9.95. The van der Waals surface area contributed by atoms with E-state index in [1.807, 2.05) is 16.7 Å². The molecule has 3 amide bonds. The molecule has 2 unspecified atom stereocenters. The van der Waals surface area contributed by atoms with Crippen LogP contribution in [0.1, 0.15) is 45.4 Å². The highest BCUT2D eigenvalue weighted by Gasteiger charge is 2.38. The maximum absolute atomic E-state index is 13.0. The van der Waals surface area contributed by atoms with Gasteiger partial charge in [-0.05, 0) is 45.4 Å². The molecule has 0 aromatic rings. The molecular formula is C20H32N4O3. The van der Waals surface area contributed by atoms with Crippen molar-refractivity contribution in [2.24, 2.45) is 11.8 Å². The minimum Gasteiger partial charge on any atom is -0.352 e. The highest BCUT2D eigenvalue weighted by molar-refractivity contribution is 5.84. The van der Waals surface area contributed by atoms with Crippen LogP contribution in [0.5, 0.6) is 0 Å². The number of likely N-dealkylation sites (tertiary alicyclic amines) is 1. The van der Waals surface area contributed by atoms with E-state index in [9.17, 15) is 14.4 Å². The Balaban J connectivity index is 1.25. The zero-order chi connectivity index (χ0) is 19.0. The highest BCUT2D eigenvalue weighted by Crippen LogP contribution is 2.32. The largest absolute Gasteiger partial charge is 0.352 e. The van der Waals surface area contributed by atoms with E-state index in [0.29, 0.717) is 25.7 Å². The Morgan fingerprint density at radius 2 is 1.48 bits per heavy atom. The number of nitrogens with zero attached hydrogens (tertiary/aromatic N) is 3. The van der Waals surface area contributed by atoms with Gasteiger partial charge >= 0.3 is 0 Å². The molecule has 7 nitrogen and oxygen atoms in total. The van der Waals surface area contributed by atoms with Crippen LogP contribution in [0, 0.1) is 11.8 Å². The molecule has 2 aliphatic heterocycles. The second kappa shape index (κ2) is 7.78. The van der Waals surface area contributed by atoms with Gasteiger partial charge in [-0.1, -0.05) is 0 Å². The number of amides is 3. The van der Waals surface area contributed by atoms with Gasteiger partial charge < -0.3 is 15.1 Å². The SMILES string of the molecule is CC(C(=O)NC1CC1)N1CCN(C(=O)C2CCCN(C(=O)C3CC3)C2)CC1. The Morgan fingerprint density at radius 1 is 0.815 bits per heavy atom. The Kier molecular flexibility index (Phi) is 5.39. The average molecular weight is 377 g/mol. The Morgan fingerprint density at radius 3 is 2.11 bits per heavy atom. The minimum atomic E-state index is -0.135. The van der Waals surface area contributed by atoms with Crippen LogP contribution in [0.4, 0.5) is 0 Å². The summed E-state index contributed by atoms with van der Waals surface area (Å²) in [6.45, 7) is 6.18. The fourth-order valence-electron chi connectivity index (χ4n) is 4.27. The molecule has 2 atom stereocenters. The van der Waals surface area contributed by atoms with Gasteiger partial charge in [-0.15, -0.1) is 0 Å². The van der Waals surface area contributed by atoms with Gasteiger partial charge in [0.05, 0.1) is 12.0 Å². The first-order chi connectivity index (χ1) is 13.0. The van der Waals surface area contributed by atoms with E-state index in [1.54, 1.807) is 0 Å². The number of piperazine rings is 1. The molecule has 4 rings (SSSR count). The topological polar surface area (TPSA) is 73.0 Å². The third-order valence-corrected chi connectivity index (χ3v) is 6.49. The third-order valence-electron chi connectivity index (χ3n) is 6.49. The number of hydrogen-bond acceptors (Lipinski definition) is 4. The van der Waals surface area contributed by atoms with Gasteiger partial charge in [0.25, 0.3) is 0 Å². The lowest BCUT2D eigenvalue weighted by Crippen LogP contribution is -2.57. The van der Waals surface area contributed by atoms with Crippen molar-refractivity contribution in [2.45, 2.75) is 57.5 Å².